The summed E-state index contributed by atoms with van der Waals surface area (Å²) in [5.74, 6) is 1.20. The molecule has 0 aliphatic heterocycles. The number of carbonyl (C=O) groups is 1. The van der Waals surface area contributed by atoms with Gasteiger partial charge in [0.2, 0.25) is 0 Å². The Kier molecular flexibility index (Phi) is 4.53. The highest BCUT2D eigenvalue weighted by Crippen LogP contribution is 2.40. The predicted octanol–water partition coefficient (Wildman–Crippen LogP) is 2.54. The molecule has 5 heteroatoms. The molecule has 1 saturated carbocycles. The van der Waals surface area contributed by atoms with E-state index in [0.29, 0.717) is 31.2 Å². The quantitative estimate of drug-likeness (QED) is 0.852. The fourth-order valence-corrected chi connectivity index (χ4v) is 2.45. The van der Waals surface area contributed by atoms with Gasteiger partial charge < -0.3 is 15.2 Å². The van der Waals surface area contributed by atoms with Crippen LogP contribution in [0.5, 0.6) is 0 Å². The molecule has 0 spiro atoms. The number of nitrogens with zero attached hydrogens (tertiary/aromatic N) is 2. The van der Waals surface area contributed by atoms with Crippen LogP contribution < -0.4 is 5.73 Å². The van der Waals surface area contributed by atoms with Gasteiger partial charge in [-0.1, -0.05) is 35.5 Å². The minimum atomic E-state index is -0.0899. The van der Waals surface area contributed by atoms with Crippen LogP contribution in [0.2, 0.25) is 0 Å². The van der Waals surface area contributed by atoms with Crippen molar-refractivity contribution in [1.82, 2.24) is 10.1 Å². The van der Waals surface area contributed by atoms with E-state index in [4.69, 9.17) is 10.3 Å². The lowest BCUT2D eigenvalue weighted by atomic mass is 10.2. The van der Waals surface area contributed by atoms with Crippen LogP contribution in [0, 0.1) is 0 Å². The Morgan fingerprint density at radius 3 is 2.77 bits per heavy atom. The highest BCUT2D eigenvalue weighted by Gasteiger charge is 2.29. The molecule has 2 N–H and O–H groups in total. The fraction of sp³-hybridized carbons (Fsp3) is 0.412. The third kappa shape index (κ3) is 3.54. The summed E-state index contributed by atoms with van der Waals surface area (Å²) in [6.07, 6.45) is 3.03. The zero-order valence-electron chi connectivity index (χ0n) is 12.6. The van der Waals surface area contributed by atoms with Crippen LogP contribution in [0.15, 0.2) is 40.9 Å². The third-order valence-electron chi connectivity index (χ3n) is 3.86. The molecule has 1 aliphatic rings. The van der Waals surface area contributed by atoms with E-state index >= 15 is 0 Å². The molecule has 116 valence electrons. The Bertz CT molecular complexity index is 620. The van der Waals surface area contributed by atoms with Gasteiger partial charge in [-0.05, 0) is 31.4 Å². The number of benzene rings is 1. The lowest BCUT2D eigenvalue weighted by Gasteiger charge is -2.21. The number of aromatic nitrogens is 1. The average molecular weight is 299 g/mol. The van der Waals surface area contributed by atoms with Crippen LogP contribution in [0.4, 0.5) is 0 Å². The summed E-state index contributed by atoms with van der Waals surface area (Å²) in [5.41, 5.74) is 7.08. The first-order valence-corrected chi connectivity index (χ1v) is 7.78. The van der Waals surface area contributed by atoms with Crippen molar-refractivity contribution in [3.63, 3.8) is 0 Å². The zero-order valence-corrected chi connectivity index (χ0v) is 12.6. The normalized spacial score (nSPS) is 14.0. The van der Waals surface area contributed by atoms with Crippen molar-refractivity contribution in [3.8, 4) is 0 Å². The van der Waals surface area contributed by atoms with Gasteiger partial charge in [0.25, 0.3) is 5.91 Å². The van der Waals surface area contributed by atoms with Gasteiger partial charge in [-0.15, -0.1) is 0 Å². The molecule has 0 unspecified atom stereocenters. The summed E-state index contributed by atoms with van der Waals surface area (Å²) in [7, 11) is 0. The largest absolute Gasteiger partial charge is 0.360 e. The molecule has 0 radical (unpaired) electrons. The number of amides is 1. The third-order valence-corrected chi connectivity index (χ3v) is 3.86. The maximum Gasteiger partial charge on any atom is 0.276 e. The SMILES string of the molecule is NCCCN(Cc1ccccc1)C(=O)c1cc(C2CC2)on1. The topological polar surface area (TPSA) is 72.4 Å². The minimum absolute atomic E-state index is 0.0899. The Hall–Kier alpha value is -2.14. The highest BCUT2D eigenvalue weighted by atomic mass is 16.5. The van der Waals surface area contributed by atoms with E-state index in [-0.39, 0.29) is 5.91 Å². The van der Waals surface area contributed by atoms with Gasteiger partial charge >= 0.3 is 0 Å². The zero-order chi connectivity index (χ0) is 15.4. The number of hydrogen-bond acceptors (Lipinski definition) is 4. The van der Waals surface area contributed by atoms with E-state index in [2.05, 4.69) is 5.16 Å². The maximum absolute atomic E-state index is 12.7. The van der Waals surface area contributed by atoms with Crippen LogP contribution in [0.3, 0.4) is 0 Å². The molecule has 1 amide bonds. The molecule has 1 aromatic heterocycles. The maximum atomic E-state index is 12.7. The fourth-order valence-electron chi connectivity index (χ4n) is 2.45. The highest BCUT2D eigenvalue weighted by molar-refractivity contribution is 5.92. The van der Waals surface area contributed by atoms with E-state index in [1.165, 1.54) is 0 Å². The van der Waals surface area contributed by atoms with Crippen molar-refractivity contribution in [2.45, 2.75) is 31.7 Å². The smallest absolute Gasteiger partial charge is 0.276 e. The number of nitrogens with two attached hydrogens (primary N) is 1. The molecule has 1 aromatic carbocycles. The van der Waals surface area contributed by atoms with Crippen molar-refractivity contribution >= 4 is 5.91 Å². The lowest BCUT2D eigenvalue weighted by molar-refractivity contribution is 0.0731. The van der Waals surface area contributed by atoms with Crippen LogP contribution in [-0.4, -0.2) is 29.1 Å². The summed E-state index contributed by atoms with van der Waals surface area (Å²) < 4.78 is 5.29. The van der Waals surface area contributed by atoms with Crippen molar-refractivity contribution < 1.29 is 9.32 Å². The Morgan fingerprint density at radius 1 is 1.32 bits per heavy atom. The summed E-state index contributed by atoms with van der Waals surface area (Å²) in [4.78, 5) is 14.5. The second-order valence-corrected chi connectivity index (χ2v) is 5.74. The molecular formula is C17H21N3O2. The molecule has 3 rings (SSSR count). The molecule has 0 bridgehead atoms. The monoisotopic (exact) mass is 299 g/mol. The van der Waals surface area contributed by atoms with Crippen molar-refractivity contribution in [2.24, 2.45) is 5.73 Å². The van der Waals surface area contributed by atoms with Gasteiger partial charge in [-0.3, -0.25) is 4.79 Å². The van der Waals surface area contributed by atoms with Crippen LogP contribution in [0.1, 0.15) is 47.0 Å². The van der Waals surface area contributed by atoms with Crippen LogP contribution in [0.25, 0.3) is 0 Å². The summed E-state index contributed by atoms with van der Waals surface area (Å²) in [5, 5.41) is 3.95. The molecule has 1 heterocycles. The first kappa shape index (κ1) is 14.8. The molecule has 22 heavy (non-hydrogen) atoms. The number of carbonyl (C=O) groups excluding carboxylic acids is 1. The summed E-state index contributed by atoms with van der Waals surface area (Å²) in [6.45, 7) is 1.74. The average Bonchev–Trinajstić information content (AvgIpc) is 3.29. The molecule has 5 nitrogen and oxygen atoms in total. The van der Waals surface area contributed by atoms with Crippen LogP contribution >= 0.6 is 0 Å². The first-order valence-electron chi connectivity index (χ1n) is 7.78. The van der Waals surface area contributed by atoms with E-state index < -0.39 is 0 Å². The van der Waals surface area contributed by atoms with E-state index in [1.807, 2.05) is 30.3 Å². The molecule has 1 aliphatic carbocycles. The van der Waals surface area contributed by atoms with Gasteiger partial charge in [-0.25, -0.2) is 0 Å². The van der Waals surface area contributed by atoms with Gasteiger partial charge in [-0.2, -0.15) is 0 Å². The van der Waals surface area contributed by atoms with Gasteiger partial charge in [0.1, 0.15) is 5.76 Å². The Labute approximate surface area is 130 Å². The predicted molar refractivity (Wildman–Crippen MR) is 83.3 cm³/mol. The van der Waals surface area contributed by atoms with E-state index in [0.717, 1.165) is 30.6 Å². The Morgan fingerprint density at radius 2 is 2.09 bits per heavy atom. The number of rotatable bonds is 7. The van der Waals surface area contributed by atoms with Gasteiger partial charge in [0, 0.05) is 25.1 Å². The van der Waals surface area contributed by atoms with E-state index in [1.54, 1.807) is 11.0 Å². The molecule has 0 saturated heterocycles. The second kappa shape index (κ2) is 6.75. The van der Waals surface area contributed by atoms with Crippen molar-refractivity contribution in [2.75, 3.05) is 13.1 Å². The standard InChI is InChI=1S/C17H21N3O2/c18-9-4-10-20(12-13-5-2-1-3-6-13)17(21)15-11-16(22-19-15)14-7-8-14/h1-3,5-6,11,14H,4,7-10,12,18H2. The summed E-state index contributed by atoms with van der Waals surface area (Å²) >= 11 is 0. The van der Waals surface area contributed by atoms with E-state index in [9.17, 15) is 4.79 Å². The molecule has 2 aromatic rings. The van der Waals surface area contributed by atoms with Crippen molar-refractivity contribution in [3.05, 3.63) is 53.4 Å². The molecule has 0 atom stereocenters. The number of hydrogen-bond donors (Lipinski definition) is 1. The van der Waals surface area contributed by atoms with Crippen molar-refractivity contribution in [1.29, 1.82) is 0 Å². The van der Waals surface area contributed by atoms with Gasteiger partial charge in [0.15, 0.2) is 5.69 Å². The molecule has 1 fully saturated rings. The minimum Gasteiger partial charge on any atom is -0.360 e. The lowest BCUT2D eigenvalue weighted by Crippen LogP contribution is -2.32. The summed E-state index contributed by atoms with van der Waals surface area (Å²) in [6, 6.07) is 11.7. The molecular weight excluding hydrogens is 278 g/mol. The Balaban J connectivity index is 1.73. The van der Waals surface area contributed by atoms with Gasteiger partial charge in [0.05, 0.1) is 0 Å². The second-order valence-electron chi connectivity index (χ2n) is 5.74. The van der Waals surface area contributed by atoms with Crippen LogP contribution in [-0.2, 0) is 6.54 Å². The first-order chi connectivity index (χ1) is 10.8.